The normalized spacial score (nSPS) is 19.4. The van der Waals surface area contributed by atoms with Crippen molar-refractivity contribution in [1.29, 1.82) is 0 Å². The van der Waals surface area contributed by atoms with Gasteiger partial charge in [0.2, 0.25) is 0 Å². The third-order valence-electron chi connectivity index (χ3n) is 3.41. The molecule has 0 aromatic carbocycles. The van der Waals surface area contributed by atoms with Gasteiger partial charge < -0.3 is 5.32 Å². The van der Waals surface area contributed by atoms with Gasteiger partial charge in [0.25, 0.3) is 0 Å². The van der Waals surface area contributed by atoms with Crippen LogP contribution in [0.15, 0.2) is 18.3 Å². The molecule has 1 aliphatic rings. The van der Waals surface area contributed by atoms with E-state index >= 15 is 0 Å². The van der Waals surface area contributed by atoms with E-state index in [1.165, 1.54) is 43.4 Å². The lowest BCUT2D eigenvalue weighted by molar-refractivity contribution is 0.486. The molecular formula is C14H22N2. The fraction of sp³-hybridized carbons (Fsp3) is 0.643. The highest BCUT2D eigenvalue weighted by atomic mass is 14.8. The molecule has 88 valence electrons. The van der Waals surface area contributed by atoms with Crippen LogP contribution in [0.1, 0.15) is 49.8 Å². The minimum atomic E-state index is 0.689. The summed E-state index contributed by atoms with van der Waals surface area (Å²) in [6.07, 6.45) is 8.27. The maximum absolute atomic E-state index is 4.57. The zero-order valence-corrected chi connectivity index (χ0v) is 10.2. The van der Waals surface area contributed by atoms with Crippen LogP contribution in [0.4, 0.5) is 0 Å². The minimum absolute atomic E-state index is 0.689. The molecule has 0 amide bonds. The second kappa shape index (κ2) is 6.00. The van der Waals surface area contributed by atoms with Crippen LogP contribution in [0.25, 0.3) is 0 Å². The zero-order chi connectivity index (χ0) is 11.2. The summed E-state index contributed by atoms with van der Waals surface area (Å²) in [5, 5.41) is 3.49. The van der Waals surface area contributed by atoms with Gasteiger partial charge in [-0.05, 0) is 56.8 Å². The molecule has 2 heteroatoms. The van der Waals surface area contributed by atoms with E-state index in [2.05, 4.69) is 29.4 Å². The number of aryl methyl sites for hydroxylation is 1. The summed E-state index contributed by atoms with van der Waals surface area (Å²) in [5.74, 6) is 0.689. The number of hydrogen-bond acceptors (Lipinski definition) is 2. The Balaban J connectivity index is 1.91. The van der Waals surface area contributed by atoms with E-state index in [-0.39, 0.29) is 0 Å². The predicted molar refractivity (Wildman–Crippen MR) is 67.7 cm³/mol. The Bertz CT molecular complexity index is 322. The average molecular weight is 218 g/mol. The lowest BCUT2D eigenvalue weighted by Gasteiger charge is -2.24. The van der Waals surface area contributed by atoms with Gasteiger partial charge in [0, 0.05) is 17.8 Å². The predicted octanol–water partition coefficient (Wildman–Crippen LogP) is 2.89. The van der Waals surface area contributed by atoms with Gasteiger partial charge in [-0.25, -0.2) is 0 Å². The Kier molecular flexibility index (Phi) is 4.34. The molecule has 0 saturated heterocycles. The van der Waals surface area contributed by atoms with Gasteiger partial charge in [-0.2, -0.15) is 0 Å². The quantitative estimate of drug-likeness (QED) is 0.769. The Labute approximate surface area is 98.5 Å². The lowest BCUT2D eigenvalue weighted by Crippen LogP contribution is -2.20. The summed E-state index contributed by atoms with van der Waals surface area (Å²) in [6, 6.07) is 4.31. The number of nitrogens with zero attached hydrogens (tertiary/aromatic N) is 1. The molecule has 2 rings (SSSR count). The van der Waals surface area contributed by atoms with Crippen molar-refractivity contribution in [2.75, 3.05) is 13.1 Å². The van der Waals surface area contributed by atoms with Crippen LogP contribution in [-0.2, 0) is 6.42 Å². The largest absolute Gasteiger partial charge is 0.317 e. The molecule has 1 unspecified atom stereocenters. The summed E-state index contributed by atoms with van der Waals surface area (Å²) in [5.41, 5.74) is 2.85. The molecular weight excluding hydrogens is 196 g/mol. The fourth-order valence-electron chi connectivity index (χ4n) is 2.56. The summed E-state index contributed by atoms with van der Waals surface area (Å²) >= 11 is 0. The van der Waals surface area contributed by atoms with Gasteiger partial charge in [0.05, 0.1) is 0 Å². The van der Waals surface area contributed by atoms with E-state index in [0.717, 1.165) is 13.1 Å². The van der Waals surface area contributed by atoms with Crippen molar-refractivity contribution < 1.29 is 0 Å². The molecule has 1 aromatic rings. The highest BCUT2D eigenvalue weighted by Crippen LogP contribution is 2.31. The Morgan fingerprint density at radius 1 is 1.44 bits per heavy atom. The van der Waals surface area contributed by atoms with Gasteiger partial charge in [-0.1, -0.05) is 13.0 Å². The molecule has 1 atom stereocenters. The topological polar surface area (TPSA) is 24.9 Å². The number of nitrogens with one attached hydrogen (secondary N) is 1. The molecule has 2 nitrogen and oxygen atoms in total. The van der Waals surface area contributed by atoms with E-state index in [0.29, 0.717) is 5.92 Å². The summed E-state index contributed by atoms with van der Waals surface area (Å²) < 4.78 is 0. The maximum Gasteiger partial charge on any atom is 0.0466 e. The Morgan fingerprint density at radius 3 is 3.25 bits per heavy atom. The molecule has 0 radical (unpaired) electrons. The number of fused-ring (bicyclic) bond motifs is 1. The van der Waals surface area contributed by atoms with Gasteiger partial charge in [-0.15, -0.1) is 0 Å². The summed E-state index contributed by atoms with van der Waals surface area (Å²) in [4.78, 5) is 4.57. The van der Waals surface area contributed by atoms with Crippen molar-refractivity contribution in [2.45, 2.75) is 44.9 Å². The highest BCUT2D eigenvalue weighted by Gasteiger charge is 2.20. The van der Waals surface area contributed by atoms with Crippen LogP contribution in [0.3, 0.4) is 0 Å². The monoisotopic (exact) mass is 218 g/mol. The van der Waals surface area contributed by atoms with Crippen LogP contribution in [0, 0.1) is 0 Å². The molecule has 0 fully saturated rings. The number of rotatable bonds is 5. The maximum atomic E-state index is 4.57. The first kappa shape index (κ1) is 11.6. The van der Waals surface area contributed by atoms with Crippen molar-refractivity contribution >= 4 is 0 Å². The molecule has 0 aliphatic heterocycles. The van der Waals surface area contributed by atoms with Crippen molar-refractivity contribution in [3.8, 4) is 0 Å². The van der Waals surface area contributed by atoms with E-state index in [4.69, 9.17) is 0 Å². The third-order valence-corrected chi connectivity index (χ3v) is 3.41. The zero-order valence-electron chi connectivity index (χ0n) is 10.2. The number of hydrogen-bond donors (Lipinski definition) is 1. The lowest BCUT2D eigenvalue weighted by atomic mass is 9.85. The fourth-order valence-corrected chi connectivity index (χ4v) is 2.56. The molecule has 0 bridgehead atoms. The molecule has 1 aromatic heterocycles. The van der Waals surface area contributed by atoms with Crippen LogP contribution >= 0.6 is 0 Å². The van der Waals surface area contributed by atoms with Gasteiger partial charge in [-0.3, -0.25) is 4.98 Å². The first-order valence-electron chi connectivity index (χ1n) is 6.56. The van der Waals surface area contributed by atoms with Gasteiger partial charge in [0.15, 0.2) is 0 Å². The smallest absolute Gasteiger partial charge is 0.0466 e. The summed E-state index contributed by atoms with van der Waals surface area (Å²) in [7, 11) is 0. The molecule has 0 saturated carbocycles. The Hall–Kier alpha value is -0.890. The van der Waals surface area contributed by atoms with Crippen LogP contribution in [-0.4, -0.2) is 18.1 Å². The highest BCUT2D eigenvalue weighted by molar-refractivity contribution is 5.25. The van der Waals surface area contributed by atoms with E-state index in [9.17, 15) is 0 Å². The SMILES string of the molecule is CCCNCCC1CCCc2cccnc21. The Morgan fingerprint density at radius 2 is 2.38 bits per heavy atom. The second-order valence-corrected chi connectivity index (χ2v) is 4.68. The van der Waals surface area contributed by atoms with Crippen LogP contribution < -0.4 is 5.32 Å². The van der Waals surface area contributed by atoms with E-state index in [1.54, 1.807) is 0 Å². The molecule has 16 heavy (non-hydrogen) atoms. The van der Waals surface area contributed by atoms with Crippen molar-refractivity contribution in [2.24, 2.45) is 0 Å². The van der Waals surface area contributed by atoms with Crippen LogP contribution in [0.5, 0.6) is 0 Å². The summed E-state index contributed by atoms with van der Waals surface area (Å²) in [6.45, 7) is 4.49. The van der Waals surface area contributed by atoms with Gasteiger partial charge >= 0.3 is 0 Å². The minimum Gasteiger partial charge on any atom is -0.317 e. The second-order valence-electron chi connectivity index (χ2n) is 4.68. The van der Waals surface area contributed by atoms with E-state index in [1.807, 2.05) is 6.20 Å². The van der Waals surface area contributed by atoms with Crippen molar-refractivity contribution in [1.82, 2.24) is 10.3 Å². The first-order valence-corrected chi connectivity index (χ1v) is 6.56. The average Bonchev–Trinajstić information content (AvgIpc) is 2.35. The number of pyridine rings is 1. The molecule has 1 N–H and O–H groups in total. The molecule has 1 heterocycles. The van der Waals surface area contributed by atoms with Crippen LogP contribution in [0.2, 0.25) is 0 Å². The third kappa shape index (κ3) is 2.82. The molecule has 1 aliphatic carbocycles. The first-order chi connectivity index (χ1) is 7.92. The van der Waals surface area contributed by atoms with E-state index < -0.39 is 0 Å². The molecule has 0 spiro atoms. The van der Waals surface area contributed by atoms with Gasteiger partial charge in [0.1, 0.15) is 0 Å². The standard InChI is InChI=1S/C14H22N2/c1-2-9-15-11-8-13-6-3-5-12-7-4-10-16-14(12)13/h4,7,10,13,15H,2-3,5-6,8-9,11H2,1H3. The van der Waals surface area contributed by atoms with Crippen molar-refractivity contribution in [3.05, 3.63) is 29.6 Å². The number of aromatic nitrogens is 1. The van der Waals surface area contributed by atoms with Crippen molar-refractivity contribution in [3.63, 3.8) is 0 Å².